The number of benzene rings is 3. The van der Waals surface area contributed by atoms with Gasteiger partial charge in [0, 0.05) is 28.2 Å². The summed E-state index contributed by atoms with van der Waals surface area (Å²) in [5, 5.41) is 14.8. The van der Waals surface area contributed by atoms with Crippen LogP contribution >= 0.6 is 15.9 Å². The molecule has 0 bridgehead atoms. The lowest BCUT2D eigenvalue weighted by atomic mass is 10.2. The number of hydrogen-bond donors (Lipinski definition) is 1. The highest BCUT2D eigenvalue weighted by Crippen LogP contribution is 2.18. The number of hydrogen-bond acceptors (Lipinski definition) is 6. The van der Waals surface area contributed by atoms with Crippen LogP contribution in [0.4, 0.5) is 11.4 Å². The quantitative estimate of drug-likeness (QED) is 0.125. The van der Waals surface area contributed by atoms with Gasteiger partial charge in [-0.2, -0.15) is 5.10 Å². The van der Waals surface area contributed by atoms with Gasteiger partial charge >= 0.3 is 5.97 Å². The van der Waals surface area contributed by atoms with Gasteiger partial charge in [0.05, 0.1) is 16.8 Å². The maximum atomic E-state index is 12.2. The fraction of sp³-hybridized carbons (Fsp3) is 0. The molecule has 30 heavy (non-hydrogen) atoms. The smallest absolute Gasteiger partial charge is 0.336 e. The highest BCUT2D eigenvalue weighted by molar-refractivity contribution is 9.10. The molecule has 0 atom stereocenters. The number of nitro groups is 1. The Morgan fingerprint density at radius 1 is 1.03 bits per heavy atom. The van der Waals surface area contributed by atoms with E-state index in [1.165, 1.54) is 24.4 Å². The van der Waals surface area contributed by atoms with E-state index < -0.39 is 10.9 Å². The highest BCUT2D eigenvalue weighted by atomic mass is 79.9. The molecule has 0 aliphatic heterocycles. The van der Waals surface area contributed by atoms with E-state index in [0.29, 0.717) is 17.0 Å². The van der Waals surface area contributed by atoms with E-state index in [1.54, 1.807) is 42.5 Å². The van der Waals surface area contributed by atoms with E-state index in [-0.39, 0.29) is 5.69 Å². The van der Waals surface area contributed by atoms with Gasteiger partial charge in [0.2, 0.25) is 0 Å². The van der Waals surface area contributed by atoms with E-state index in [1.807, 2.05) is 24.3 Å². The van der Waals surface area contributed by atoms with Crippen molar-refractivity contribution in [3.8, 4) is 5.75 Å². The van der Waals surface area contributed by atoms with Crippen molar-refractivity contribution in [2.24, 2.45) is 5.10 Å². The van der Waals surface area contributed by atoms with E-state index in [9.17, 15) is 14.9 Å². The van der Waals surface area contributed by atoms with Gasteiger partial charge in [-0.3, -0.25) is 15.5 Å². The zero-order valence-electron chi connectivity index (χ0n) is 15.6. The van der Waals surface area contributed by atoms with Crippen LogP contribution < -0.4 is 10.2 Å². The summed E-state index contributed by atoms with van der Waals surface area (Å²) in [6.07, 6.45) is 4.52. The van der Waals surface area contributed by atoms with E-state index in [0.717, 1.165) is 10.0 Å². The Kier molecular flexibility index (Phi) is 7.07. The molecule has 3 rings (SSSR count). The topological polar surface area (TPSA) is 93.8 Å². The van der Waals surface area contributed by atoms with Gasteiger partial charge in [0.25, 0.3) is 5.69 Å². The summed E-state index contributed by atoms with van der Waals surface area (Å²) in [4.78, 5) is 22.4. The molecule has 0 unspecified atom stereocenters. The van der Waals surface area contributed by atoms with E-state index >= 15 is 0 Å². The van der Waals surface area contributed by atoms with Crippen LogP contribution in [0.2, 0.25) is 0 Å². The Morgan fingerprint density at radius 3 is 2.43 bits per heavy atom. The number of nitro benzene ring substituents is 1. The van der Waals surface area contributed by atoms with Crippen LogP contribution in [0.5, 0.6) is 5.75 Å². The van der Waals surface area contributed by atoms with Crippen molar-refractivity contribution in [1.82, 2.24) is 0 Å². The SMILES string of the molecule is O=C(/C=C/c1ccc(Br)cc1)Oc1ccccc1C=NNc1ccc([N+](=O)[O-])cc1. The van der Waals surface area contributed by atoms with Crippen LogP contribution in [0.25, 0.3) is 6.08 Å². The number of rotatable bonds is 7. The van der Waals surface area contributed by atoms with Crippen molar-refractivity contribution in [2.75, 3.05) is 5.43 Å². The van der Waals surface area contributed by atoms with Crippen molar-refractivity contribution >= 4 is 45.6 Å². The second-order valence-corrected chi connectivity index (χ2v) is 6.93. The van der Waals surface area contributed by atoms with Crippen LogP contribution in [-0.2, 0) is 4.79 Å². The van der Waals surface area contributed by atoms with Gasteiger partial charge in [-0.1, -0.05) is 40.2 Å². The number of carbonyl (C=O) groups excluding carboxylic acids is 1. The lowest BCUT2D eigenvalue weighted by Gasteiger charge is -2.05. The Hall–Kier alpha value is -3.78. The van der Waals surface area contributed by atoms with E-state index in [4.69, 9.17) is 4.74 Å². The molecule has 7 nitrogen and oxygen atoms in total. The van der Waals surface area contributed by atoms with Crippen molar-refractivity contribution in [1.29, 1.82) is 0 Å². The highest BCUT2D eigenvalue weighted by Gasteiger charge is 2.06. The molecular weight excluding hydrogens is 450 g/mol. The summed E-state index contributed by atoms with van der Waals surface area (Å²) in [5.41, 5.74) is 4.83. The van der Waals surface area contributed by atoms with Crippen LogP contribution in [-0.4, -0.2) is 17.1 Å². The van der Waals surface area contributed by atoms with Crippen molar-refractivity contribution in [2.45, 2.75) is 0 Å². The molecule has 0 radical (unpaired) electrons. The maximum Gasteiger partial charge on any atom is 0.336 e. The number of esters is 1. The molecule has 0 heterocycles. The van der Waals surface area contributed by atoms with Crippen molar-refractivity contribution in [3.05, 3.63) is 105 Å². The van der Waals surface area contributed by atoms with Gasteiger partial charge in [-0.25, -0.2) is 4.79 Å². The zero-order chi connectivity index (χ0) is 21.3. The van der Waals surface area contributed by atoms with Gasteiger partial charge in [-0.15, -0.1) is 0 Å². The fourth-order valence-electron chi connectivity index (χ4n) is 2.39. The first-order valence-electron chi connectivity index (χ1n) is 8.79. The second kappa shape index (κ2) is 10.1. The third-order valence-corrected chi connectivity index (χ3v) is 4.42. The van der Waals surface area contributed by atoms with Crippen molar-refractivity contribution < 1.29 is 14.5 Å². The average Bonchev–Trinajstić information content (AvgIpc) is 2.75. The summed E-state index contributed by atoms with van der Waals surface area (Å²) in [7, 11) is 0. The molecule has 1 N–H and O–H groups in total. The molecule has 3 aromatic rings. The normalized spacial score (nSPS) is 11.0. The number of nitrogens with zero attached hydrogens (tertiary/aromatic N) is 2. The molecule has 0 aliphatic carbocycles. The largest absolute Gasteiger partial charge is 0.423 e. The zero-order valence-corrected chi connectivity index (χ0v) is 17.2. The molecule has 8 heteroatoms. The number of carbonyl (C=O) groups is 1. The first-order valence-corrected chi connectivity index (χ1v) is 9.58. The number of halogens is 1. The molecule has 0 spiro atoms. The van der Waals surface area contributed by atoms with Gasteiger partial charge < -0.3 is 4.74 Å². The number of ether oxygens (including phenoxy) is 1. The van der Waals surface area contributed by atoms with Crippen LogP contribution in [0.3, 0.4) is 0 Å². The first-order chi connectivity index (χ1) is 14.5. The Morgan fingerprint density at radius 2 is 1.73 bits per heavy atom. The lowest BCUT2D eigenvalue weighted by molar-refractivity contribution is -0.384. The summed E-state index contributed by atoms with van der Waals surface area (Å²) in [6, 6.07) is 20.3. The molecule has 0 saturated heterocycles. The van der Waals surface area contributed by atoms with Gasteiger partial charge in [0.15, 0.2) is 0 Å². The molecule has 3 aromatic carbocycles. The molecule has 0 aromatic heterocycles. The van der Waals surface area contributed by atoms with Gasteiger partial charge in [0.1, 0.15) is 5.75 Å². The molecule has 0 aliphatic rings. The summed E-state index contributed by atoms with van der Waals surface area (Å²) in [5.74, 6) is -0.153. The monoisotopic (exact) mass is 465 g/mol. The number of anilines is 1. The summed E-state index contributed by atoms with van der Waals surface area (Å²) < 4.78 is 6.36. The number of para-hydroxylation sites is 1. The molecular formula is C22H16BrN3O4. The Bertz CT molecular complexity index is 1090. The number of nitrogens with one attached hydrogen (secondary N) is 1. The lowest BCUT2D eigenvalue weighted by Crippen LogP contribution is -2.05. The minimum absolute atomic E-state index is 0.00187. The van der Waals surface area contributed by atoms with Crippen LogP contribution in [0.1, 0.15) is 11.1 Å². The predicted octanol–water partition coefficient (Wildman–Crippen LogP) is 5.42. The molecule has 150 valence electrons. The number of hydrazone groups is 1. The standard InChI is InChI=1S/C22H16BrN3O4/c23-18-8-5-16(6-9-18)7-14-22(27)30-21-4-2-1-3-17(21)15-24-25-19-10-12-20(13-11-19)26(28)29/h1-15,25H/b14-7+,24-15?. The predicted molar refractivity (Wildman–Crippen MR) is 120 cm³/mol. The number of non-ortho nitro benzene ring substituents is 1. The Balaban J connectivity index is 1.63. The Labute approximate surface area is 181 Å². The molecule has 0 fully saturated rings. The third kappa shape index (κ3) is 6.11. The average molecular weight is 466 g/mol. The fourth-order valence-corrected chi connectivity index (χ4v) is 2.66. The van der Waals surface area contributed by atoms with Crippen LogP contribution in [0.15, 0.2) is 88.4 Å². The van der Waals surface area contributed by atoms with Crippen molar-refractivity contribution in [3.63, 3.8) is 0 Å². The summed E-state index contributed by atoms with van der Waals surface area (Å²) in [6.45, 7) is 0. The van der Waals surface area contributed by atoms with Crippen LogP contribution in [0, 0.1) is 10.1 Å². The maximum absolute atomic E-state index is 12.2. The second-order valence-electron chi connectivity index (χ2n) is 6.02. The molecule has 0 saturated carbocycles. The minimum Gasteiger partial charge on any atom is -0.423 e. The first kappa shape index (κ1) is 20.9. The summed E-state index contributed by atoms with van der Waals surface area (Å²) >= 11 is 3.36. The molecule has 0 amide bonds. The van der Waals surface area contributed by atoms with E-state index in [2.05, 4.69) is 26.5 Å². The van der Waals surface area contributed by atoms with Gasteiger partial charge in [-0.05, 0) is 48.0 Å². The minimum atomic E-state index is -0.512. The third-order valence-electron chi connectivity index (χ3n) is 3.89.